The summed E-state index contributed by atoms with van der Waals surface area (Å²) in [5.41, 5.74) is 6.29. The summed E-state index contributed by atoms with van der Waals surface area (Å²) >= 11 is 4.45. The number of nitrogen functional groups attached to an aromatic ring is 1. The van der Waals surface area contributed by atoms with E-state index in [1.165, 1.54) is 0 Å². The third kappa shape index (κ3) is 1.81. The Kier molecular flexibility index (Phi) is 2.46. The third-order valence-electron chi connectivity index (χ3n) is 2.25. The molecule has 2 unspecified atom stereocenters. The lowest BCUT2D eigenvalue weighted by Crippen LogP contribution is -2.30. The summed E-state index contributed by atoms with van der Waals surface area (Å²) in [6.45, 7) is 1.47. The molecule has 2 N–H and O–H groups in total. The van der Waals surface area contributed by atoms with Crippen molar-refractivity contribution < 1.29 is 4.74 Å². The van der Waals surface area contributed by atoms with Gasteiger partial charge >= 0.3 is 0 Å². The van der Waals surface area contributed by atoms with Gasteiger partial charge in [0.2, 0.25) is 0 Å². The molecule has 0 spiro atoms. The first kappa shape index (κ1) is 8.90. The molecule has 2 heterocycles. The number of hydrogen-bond donors (Lipinski definition) is 2. The Balaban J connectivity index is 2.14. The Morgan fingerprint density at radius 2 is 2.54 bits per heavy atom. The first-order valence-corrected chi connectivity index (χ1v) is 4.84. The molecule has 2 rings (SSSR count). The van der Waals surface area contributed by atoms with E-state index in [4.69, 9.17) is 10.5 Å². The van der Waals surface area contributed by atoms with E-state index >= 15 is 0 Å². The van der Waals surface area contributed by atoms with Crippen LogP contribution in [-0.4, -0.2) is 28.2 Å². The summed E-state index contributed by atoms with van der Waals surface area (Å²) < 4.78 is 7.18. The molecule has 72 valence electrons. The van der Waals surface area contributed by atoms with Crippen LogP contribution in [0.15, 0.2) is 12.4 Å². The fourth-order valence-electron chi connectivity index (χ4n) is 1.55. The highest BCUT2D eigenvalue weighted by Gasteiger charge is 2.24. The highest BCUT2D eigenvalue weighted by atomic mass is 32.1. The number of ether oxygens (including phenoxy) is 1. The molecule has 0 saturated carbocycles. The largest absolute Gasteiger partial charge is 0.396 e. The maximum absolute atomic E-state index is 5.59. The highest BCUT2D eigenvalue weighted by Crippen LogP contribution is 2.25. The van der Waals surface area contributed by atoms with Crippen molar-refractivity contribution >= 4 is 18.3 Å². The topological polar surface area (TPSA) is 53.1 Å². The minimum absolute atomic E-state index is 0.216. The van der Waals surface area contributed by atoms with Crippen LogP contribution < -0.4 is 5.73 Å². The molecule has 1 aliphatic heterocycles. The SMILES string of the molecule is Nc1cnn(C2CCOCC2S)c1. The number of nitrogens with two attached hydrogens (primary N) is 1. The molecule has 1 aromatic heterocycles. The first-order valence-electron chi connectivity index (χ1n) is 4.33. The average Bonchev–Trinajstić information content (AvgIpc) is 2.53. The van der Waals surface area contributed by atoms with Gasteiger partial charge < -0.3 is 10.5 Å². The van der Waals surface area contributed by atoms with Crippen molar-refractivity contribution in [2.75, 3.05) is 18.9 Å². The van der Waals surface area contributed by atoms with Crippen molar-refractivity contribution in [2.45, 2.75) is 17.7 Å². The number of aromatic nitrogens is 2. The lowest BCUT2D eigenvalue weighted by atomic mass is 10.1. The van der Waals surface area contributed by atoms with Gasteiger partial charge in [-0.3, -0.25) is 4.68 Å². The van der Waals surface area contributed by atoms with Gasteiger partial charge in [0, 0.05) is 18.1 Å². The van der Waals surface area contributed by atoms with Crippen molar-refractivity contribution in [1.29, 1.82) is 0 Å². The zero-order valence-electron chi connectivity index (χ0n) is 7.26. The predicted octanol–water partition coefficient (Wildman–Crippen LogP) is 0.725. The molecule has 0 radical (unpaired) electrons. The minimum Gasteiger partial charge on any atom is -0.396 e. The number of anilines is 1. The van der Waals surface area contributed by atoms with Crippen LogP contribution in [0.3, 0.4) is 0 Å². The van der Waals surface area contributed by atoms with Crippen LogP contribution in [0, 0.1) is 0 Å². The minimum atomic E-state index is 0.216. The molecule has 2 atom stereocenters. The molecule has 0 aromatic carbocycles. The summed E-state index contributed by atoms with van der Waals surface area (Å²) in [5.74, 6) is 0. The fourth-order valence-corrected chi connectivity index (χ4v) is 1.95. The van der Waals surface area contributed by atoms with E-state index in [9.17, 15) is 0 Å². The van der Waals surface area contributed by atoms with E-state index in [-0.39, 0.29) is 5.25 Å². The quantitative estimate of drug-likeness (QED) is 0.655. The van der Waals surface area contributed by atoms with Gasteiger partial charge in [-0.25, -0.2) is 0 Å². The third-order valence-corrected chi connectivity index (χ3v) is 2.75. The van der Waals surface area contributed by atoms with Gasteiger partial charge in [0.05, 0.1) is 24.5 Å². The second-order valence-electron chi connectivity index (χ2n) is 3.25. The maximum atomic E-state index is 5.59. The summed E-state index contributed by atoms with van der Waals surface area (Å²) in [5, 5.41) is 4.39. The monoisotopic (exact) mass is 199 g/mol. The molecule has 1 fully saturated rings. The molecule has 0 amide bonds. The lowest BCUT2D eigenvalue weighted by molar-refractivity contribution is 0.0724. The van der Waals surface area contributed by atoms with Gasteiger partial charge in [0.25, 0.3) is 0 Å². The number of nitrogens with zero attached hydrogens (tertiary/aromatic N) is 2. The van der Waals surface area contributed by atoms with Crippen LogP contribution in [0.5, 0.6) is 0 Å². The van der Waals surface area contributed by atoms with Crippen LogP contribution in [0.4, 0.5) is 5.69 Å². The average molecular weight is 199 g/mol. The first-order chi connectivity index (χ1) is 6.27. The molecule has 1 aromatic rings. The zero-order chi connectivity index (χ0) is 9.26. The van der Waals surface area contributed by atoms with Crippen LogP contribution in [0.2, 0.25) is 0 Å². The van der Waals surface area contributed by atoms with Crippen molar-refractivity contribution in [3.05, 3.63) is 12.4 Å². The van der Waals surface area contributed by atoms with Gasteiger partial charge in [-0.15, -0.1) is 0 Å². The number of rotatable bonds is 1. The Hall–Kier alpha value is -0.680. The van der Waals surface area contributed by atoms with Gasteiger partial charge in [-0.1, -0.05) is 0 Å². The second-order valence-corrected chi connectivity index (χ2v) is 3.92. The molecule has 1 saturated heterocycles. The molecule has 5 heteroatoms. The maximum Gasteiger partial charge on any atom is 0.0719 e. The van der Waals surface area contributed by atoms with Crippen molar-refractivity contribution in [1.82, 2.24) is 9.78 Å². The summed E-state index contributed by atoms with van der Waals surface area (Å²) in [6.07, 6.45) is 4.46. The molecule has 13 heavy (non-hydrogen) atoms. The number of hydrogen-bond acceptors (Lipinski definition) is 4. The standard InChI is InChI=1S/C8H13N3OS/c9-6-3-10-11(4-6)7-1-2-12-5-8(7)13/h3-4,7-8,13H,1-2,5,9H2. The van der Waals surface area contributed by atoms with E-state index in [2.05, 4.69) is 17.7 Å². The summed E-state index contributed by atoms with van der Waals surface area (Å²) in [7, 11) is 0. The molecular formula is C8H13N3OS. The van der Waals surface area contributed by atoms with E-state index in [1.54, 1.807) is 6.20 Å². The van der Waals surface area contributed by atoms with Crippen LogP contribution >= 0.6 is 12.6 Å². The Bertz CT molecular complexity index is 289. The van der Waals surface area contributed by atoms with Gasteiger partial charge in [-0.2, -0.15) is 17.7 Å². The highest BCUT2D eigenvalue weighted by molar-refractivity contribution is 7.81. The molecule has 0 aliphatic carbocycles. The van der Waals surface area contributed by atoms with Gasteiger partial charge in [-0.05, 0) is 6.42 Å². The summed E-state index contributed by atoms with van der Waals surface area (Å²) in [4.78, 5) is 0. The van der Waals surface area contributed by atoms with E-state index in [1.807, 2.05) is 10.9 Å². The second kappa shape index (κ2) is 3.59. The van der Waals surface area contributed by atoms with E-state index in [0.717, 1.165) is 13.0 Å². The molecule has 0 bridgehead atoms. The van der Waals surface area contributed by atoms with Crippen LogP contribution in [0.1, 0.15) is 12.5 Å². The van der Waals surface area contributed by atoms with Crippen molar-refractivity contribution in [2.24, 2.45) is 0 Å². The Labute approximate surface area is 82.5 Å². The Morgan fingerprint density at radius 1 is 1.69 bits per heavy atom. The predicted molar refractivity (Wildman–Crippen MR) is 53.9 cm³/mol. The van der Waals surface area contributed by atoms with E-state index in [0.29, 0.717) is 18.3 Å². The van der Waals surface area contributed by atoms with Crippen molar-refractivity contribution in [3.63, 3.8) is 0 Å². The fraction of sp³-hybridized carbons (Fsp3) is 0.625. The van der Waals surface area contributed by atoms with Crippen LogP contribution in [0.25, 0.3) is 0 Å². The lowest BCUT2D eigenvalue weighted by Gasteiger charge is -2.28. The Morgan fingerprint density at radius 3 is 3.15 bits per heavy atom. The molecule has 1 aliphatic rings. The summed E-state index contributed by atoms with van der Waals surface area (Å²) in [6, 6.07) is 0.314. The molecule has 4 nitrogen and oxygen atoms in total. The van der Waals surface area contributed by atoms with Crippen LogP contribution in [-0.2, 0) is 4.74 Å². The van der Waals surface area contributed by atoms with Gasteiger partial charge in [0.15, 0.2) is 0 Å². The van der Waals surface area contributed by atoms with Gasteiger partial charge in [0.1, 0.15) is 0 Å². The normalized spacial score (nSPS) is 29.0. The van der Waals surface area contributed by atoms with E-state index < -0.39 is 0 Å². The zero-order valence-corrected chi connectivity index (χ0v) is 8.15. The van der Waals surface area contributed by atoms with Crippen molar-refractivity contribution in [3.8, 4) is 0 Å². The molecular weight excluding hydrogens is 186 g/mol. The smallest absolute Gasteiger partial charge is 0.0719 e. The number of thiol groups is 1.